The number of ether oxygens (including phenoxy) is 2. The normalized spacial score (nSPS) is 23.6. The van der Waals surface area contributed by atoms with E-state index in [2.05, 4.69) is 13.0 Å². The SMILES string of the molecule is Cc1cccc(N)c1C1CCC2(CC1)OCCO2. The van der Waals surface area contributed by atoms with E-state index in [1.165, 1.54) is 11.1 Å². The van der Waals surface area contributed by atoms with E-state index < -0.39 is 0 Å². The summed E-state index contributed by atoms with van der Waals surface area (Å²) in [6, 6.07) is 6.19. The fraction of sp³-hybridized carbons (Fsp3) is 0.600. The zero-order chi connectivity index (χ0) is 12.6. The maximum absolute atomic E-state index is 6.13. The summed E-state index contributed by atoms with van der Waals surface area (Å²) in [7, 11) is 0. The Morgan fingerprint density at radius 3 is 2.44 bits per heavy atom. The number of benzene rings is 1. The van der Waals surface area contributed by atoms with Crippen molar-refractivity contribution in [3.05, 3.63) is 29.3 Å². The summed E-state index contributed by atoms with van der Waals surface area (Å²) in [6.45, 7) is 3.65. The van der Waals surface area contributed by atoms with Crippen molar-refractivity contribution in [2.75, 3.05) is 18.9 Å². The molecule has 2 fully saturated rings. The highest BCUT2D eigenvalue weighted by atomic mass is 16.7. The van der Waals surface area contributed by atoms with E-state index in [0.717, 1.165) is 44.6 Å². The lowest BCUT2D eigenvalue weighted by Gasteiger charge is -2.36. The van der Waals surface area contributed by atoms with Gasteiger partial charge in [-0.25, -0.2) is 0 Å². The second kappa shape index (κ2) is 4.56. The highest BCUT2D eigenvalue weighted by Crippen LogP contribution is 2.44. The summed E-state index contributed by atoms with van der Waals surface area (Å²) < 4.78 is 11.5. The molecular weight excluding hydrogens is 226 g/mol. The van der Waals surface area contributed by atoms with Crippen LogP contribution in [0.1, 0.15) is 42.7 Å². The maximum atomic E-state index is 6.13. The second-order valence-corrected chi connectivity index (χ2v) is 5.46. The third kappa shape index (κ3) is 2.02. The molecule has 0 aromatic heterocycles. The summed E-state index contributed by atoms with van der Waals surface area (Å²) in [4.78, 5) is 0. The molecule has 0 radical (unpaired) electrons. The minimum atomic E-state index is -0.270. The van der Waals surface area contributed by atoms with Gasteiger partial charge in [0.2, 0.25) is 0 Å². The van der Waals surface area contributed by atoms with Gasteiger partial charge in [-0.15, -0.1) is 0 Å². The fourth-order valence-corrected chi connectivity index (χ4v) is 3.39. The number of aryl methyl sites for hydroxylation is 1. The average Bonchev–Trinajstić information content (AvgIpc) is 2.80. The molecule has 1 aromatic rings. The standard InChI is InChI=1S/C15H21NO2/c1-11-3-2-4-13(16)14(11)12-5-7-15(8-6-12)17-9-10-18-15/h2-4,12H,5-10,16H2,1H3. The monoisotopic (exact) mass is 247 g/mol. The predicted molar refractivity (Wildman–Crippen MR) is 71.4 cm³/mol. The molecule has 1 saturated carbocycles. The summed E-state index contributed by atoms with van der Waals surface area (Å²) >= 11 is 0. The Kier molecular flexibility index (Phi) is 3.04. The van der Waals surface area contributed by atoms with Gasteiger partial charge in [-0.2, -0.15) is 0 Å². The van der Waals surface area contributed by atoms with Crippen LogP contribution in [0, 0.1) is 6.92 Å². The molecule has 98 valence electrons. The maximum Gasteiger partial charge on any atom is 0.168 e. The van der Waals surface area contributed by atoms with Crippen LogP contribution in [0.25, 0.3) is 0 Å². The van der Waals surface area contributed by atoms with Crippen molar-refractivity contribution in [2.24, 2.45) is 0 Å². The van der Waals surface area contributed by atoms with Crippen molar-refractivity contribution < 1.29 is 9.47 Å². The Morgan fingerprint density at radius 1 is 1.17 bits per heavy atom. The Labute approximate surface area is 108 Å². The second-order valence-electron chi connectivity index (χ2n) is 5.46. The van der Waals surface area contributed by atoms with Gasteiger partial charge in [-0.1, -0.05) is 12.1 Å². The van der Waals surface area contributed by atoms with E-state index in [1.54, 1.807) is 0 Å². The highest BCUT2D eigenvalue weighted by molar-refractivity contribution is 5.52. The van der Waals surface area contributed by atoms with Crippen molar-refractivity contribution in [2.45, 2.75) is 44.3 Å². The topological polar surface area (TPSA) is 44.5 Å². The molecule has 0 unspecified atom stereocenters. The third-order valence-electron chi connectivity index (χ3n) is 4.33. The summed E-state index contributed by atoms with van der Waals surface area (Å²) in [5.74, 6) is 0.290. The van der Waals surface area contributed by atoms with Crippen LogP contribution >= 0.6 is 0 Å². The number of anilines is 1. The lowest BCUT2D eigenvalue weighted by Crippen LogP contribution is -2.34. The first-order valence-electron chi connectivity index (χ1n) is 6.83. The van der Waals surface area contributed by atoms with Gasteiger partial charge in [0.25, 0.3) is 0 Å². The largest absolute Gasteiger partial charge is 0.398 e. The smallest absolute Gasteiger partial charge is 0.168 e. The van der Waals surface area contributed by atoms with Crippen LogP contribution in [-0.2, 0) is 9.47 Å². The minimum Gasteiger partial charge on any atom is -0.398 e. The van der Waals surface area contributed by atoms with E-state index in [9.17, 15) is 0 Å². The molecule has 0 atom stereocenters. The van der Waals surface area contributed by atoms with Crippen molar-refractivity contribution >= 4 is 5.69 Å². The molecule has 3 nitrogen and oxygen atoms in total. The number of hydrogen-bond acceptors (Lipinski definition) is 3. The summed E-state index contributed by atoms with van der Waals surface area (Å²) in [6.07, 6.45) is 4.20. The minimum absolute atomic E-state index is 0.270. The molecule has 2 N–H and O–H groups in total. The first kappa shape index (κ1) is 12.0. The van der Waals surface area contributed by atoms with Crippen molar-refractivity contribution in [1.82, 2.24) is 0 Å². The molecule has 1 saturated heterocycles. The Bertz CT molecular complexity index is 408. The molecule has 1 aliphatic heterocycles. The number of hydrogen-bond donors (Lipinski definition) is 1. The molecule has 1 spiro atoms. The van der Waals surface area contributed by atoms with Gasteiger partial charge >= 0.3 is 0 Å². The first-order valence-corrected chi connectivity index (χ1v) is 6.83. The van der Waals surface area contributed by atoms with E-state index in [4.69, 9.17) is 15.2 Å². The highest BCUT2D eigenvalue weighted by Gasteiger charge is 2.40. The quantitative estimate of drug-likeness (QED) is 0.776. The fourth-order valence-electron chi connectivity index (χ4n) is 3.39. The van der Waals surface area contributed by atoms with Crippen LogP contribution in [0.4, 0.5) is 5.69 Å². The van der Waals surface area contributed by atoms with Gasteiger partial charge in [0.05, 0.1) is 13.2 Å². The zero-order valence-electron chi connectivity index (χ0n) is 10.9. The van der Waals surface area contributed by atoms with Gasteiger partial charge in [-0.05, 0) is 42.9 Å². The molecule has 1 heterocycles. The lowest BCUT2D eigenvalue weighted by molar-refractivity contribution is -0.178. The molecule has 0 bridgehead atoms. The number of rotatable bonds is 1. The van der Waals surface area contributed by atoms with Crippen LogP contribution in [0.3, 0.4) is 0 Å². The molecule has 18 heavy (non-hydrogen) atoms. The average molecular weight is 247 g/mol. The van der Waals surface area contributed by atoms with Crippen molar-refractivity contribution in [1.29, 1.82) is 0 Å². The van der Waals surface area contributed by atoms with E-state index in [0.29, 0.717) is 5.92 Å². The Morgan fingerprint density at radius 2 is 1.83 bits per heavy atom. The number of nitrogen functional groups attached to an aromatic ring is 1. The molecule has 2 aliphatic rings. The van der Waals surface area contributed by atoms with Crippen LogP contribution < -0.4 is 5.73 Å². The molecule has 3 rings (SSSR count). The molecule has 1 aromatic carbocycles. The van der Waals surface area contributed by atoms with Gasteiger partial charge in [-0.3, -0.25) is 0 Å². The van der Waals surface area contributed by atoms with Crippen molar-refractivity contribution in [3.8, 4) is 0 Å². The number of nitrogens with two attached hydrogens (primary N) is 1. The van der Waals surface area contributed by atoms with Gasteiger partial charge in [0, 0.05) is 18.5 Å². The lowest BCUT2D eigenvalue weighted by atomic mass is 9.79. The van der Waals surface area contributed by atoms with Crippen LogP contribution in [-0.4, -0.2) is 19.0 Å². The van der Waals surface area contributed by atoms with E-state index >= 15 is 0 Å². The van der Waals surface area contributed by atoms with Crippen LogP contribution in [0.15, 0.2) is 18.2 Å². The van der Waals surface area contributed by atoms with Crippen LogP contribution in [0.5, 0.6) is 0 Å². The predicted octanol–water partition coefficient (Wildman–Crippen LogP) is 2.98. The Balaban J connectivity index is 1.76. The van der Waals surface area contributed by atoms with E-state index in [-0.39, 0.29) is 5.79 Å². The van der Waals surface area contributed by atoms with Gasteiger partial charge in [0.1, 0.15) is 0 Å². The zero-order valence-corrected chi connectivity index (χ0v) is 10.9. The van der Waals surface area contributed by atoms with Crippen molar-refractivity contribution in [3.63, 3.8) is 0 Å². The van der Waals surface area contributed by atoms with Gasteiger partial charge in [0.15, 0.2) is 5.79 Å². The molecular formula is C15H21NO2. The van der Waals surface area contributed by atoms with Gasteiger partial charge < -0.3 is 15.2 Å². The van der Waals surface area contributed by atoms with Crippen LogP contribution in [0.2, 0.25) is 0 Å². The molecule has 3 heteroatoms. The Hall–Kier alpha value is -1.06. The first-order chi connectivity index (χ1) is 8.70. The molecule has 0 amide bonds. The third-order valence-corrected chi connectivity index (χ3v) is 4.33. The molecule has 1 aliphatic carbocycles. The summed E-state index contributed by atoms with van der Waals surface area (Å²) in [5, 5.41) is 0. The summed E-state index contributed by atoms with van der Waals surface area (Å²) in [5.41, 5.74) is 9.72. The van der Waals surface area contributed by atoms with E-state index in [1.807, 2.05) is 12.1 Å².